The van der Waals surface area contributed by atoms with Crippen LogP contribution in [0.15, 0.2) is 136 Å². The van der Waals surface area contributed by atoms with E-state index in [0.29, 0.717) is 5.71 Å². The molecule has 0 saturated carbocycles. The van der Waals surface area contributed by atoms with Crippen LogP contribution in [0.25, 0.3) is 65.6 Å². The number of nitrogens with zero attached hydrogens (tertiary/aromatic N) is 3. The largest absolute Gasteiger partial charge is 0.454 e. The van der Waals surface area contributed by atoms with Gasteiger partial charge in [0.25, 0.3) is 0 Å². The summed E-state index contributed by atoms with van der Waals surface area (Å²) in [7, 11) is 0. The third-order valence-electron chi connectivity index (χ3n) is 7.96. The highest BCUT2D eigenvalue weighted by Crippen LogP contribution is 2.43. The smallest absolute Gasteiger partial charge is 0.229 e. The Morgan fingerprint density at radius 1 is 0.512 bits per heavy atom. The van der Waals surface area contributed by atoms with E-state index in [9.17, 15) is 0 Å². The van der Waals surface area contributed by atoms with Crippen LogP contribution in [0.5, 0.6) is 0 Å². The predicted molar refractivity (Wildman–Crippen MR) is 166 cm³/mol. The molecule has 4 aromatic heterocycles. The van der Waals surface area contributed by atoms with Gasteiger partial charge in [0.05, 0.1) is 11.9 Å². The standard InChI is InChI=1S/C36H21N3O2/c1-2-8-24-22(7-1)19-31(26-10-4-3-9-25(24)26)39(23-13-15-33-30(20-23)28-17-18-37-21-34(28)40-33)35-16-14-29-27-11-5-6-12-32(27)41-36(29)38-35/h1-21H. The molecule has 41 heavy (non-hydrogen) atoms. The first-order valence-corrected chi connectivity index (χ1v) is 13.6. The minimum atomic E-state index is 0.611. The van der Waals surface area contributed by atoms with Gasteiger partial charge in [0, 0.05) is 38.8 Å². The van der Waals surface area contributed by atoms with Gasteiger partial charge >= 0.3 is 0 Å². The van der Waals surface area contributed by atoms with Gasteiger partial charge in [0.1, 0.15) is 17.0 Å². The van der Waals surface area contributed by atoms with Crippen LogP contribution in [0, 0.1) is 0 Å². The third-order valence-corrected chi connectivity index (χ3v) is 7.96. The summed E-state index contributed by atoms with van der Waals surface area (Å²) in [6, 6.07) is 39.9. The van der Waals surface area contributed by atoms with Gasteiger partial charge in [-0.25, -0.2) is 0 Å². The zero-order valence-corrected chi connectivity index (χ0v) is 21.8. The van der Waals surface area contributed by atoms with E-state index in [2.05, 4.69) is 94.8 Å². The zero-order valence-electron chi connectivity index (χ0n) is 21.8. The molecule has 0 spiro atoms. The van der Waals surface area contributed by atoms with Gasteiger partial charge in [-0.3, -0.25) is 9.88 Å². The third kappa shape index (κ3) is 3.29. The summed E-state index contributed by atoms with van der Waals surface area (Å²) in [6.45, 7) is 0. The van der Waals surface area contributed by atoms with Crippen LogP contribution in [0.3, 0.4) is 0 Å². The first kappa shape index (κ1) is 22.2. The van der Waals surface area contributed by atoms with E-state index in [4.69, 9.17) is 13.8 Å². The van der Waals surface area contributed by atoms with Gasteiger partial charge in [-0.15, -0.1) is 0 Å². The van der Waals surface area contributed by atoms with Crippen molar-refractivity contribution in [2.24, 2.45) is 0 Å². The van der Waals surface area contributed by atoms with Crippen LogP contribution in [-0.2, 0) is 0 Å². The summed E-state index contributed by atoms with van der Waals surface area (Å²) in [5, 5.41) is 8.82. The number of anilines is 3. The Kier molecular flexibility index (Phi) is 4.55. The molecular formula is C36H21N3O2. The first-order valence-electron chi connectivity index (χ1n) is 13.6. The molecule has 9 rings (SSSR count). The number of furan rings is 2. The normalized spacial score (nSPS) is 11.9. The summed E-state index contributed by atoms with van der Waals surface area (Å²) in [4.78, 5) is 11.6. The van der Waals surface area contributed by atoms with Crippen molar-refractivity contribution >= 4 is 82.7 Å². The van der Waals surface area contributed by atoms with Crippen LogP contribution in [-0.4, -0.2) is 9.97 Å². The molecule has 5 aromatic carbocycles. The lowest BCUT2D eigenvalue weighted by molar-refractivity contribution is 0.654. The maximum atomic E-state index is 6.23. The molecule has 0 saturated heterocycles. The van der Waals surface area contributed by atoms with Crippen LogP contribution < -0.4 is 4.90 Å². The second-order valence-corrected chi connectivity index (χ2v) is 10.3. The van der Waals surface area contributed by atoms with Gasteiger partial charge in [-0.05, 0) is 64.7 Å². The van der Waals surface area contributed by atoms with E-state index in [0.717, 1.165) is 66.3 Å². The lowest BCUT2D eigenvalue weighted by atomic mass is 9.99. The minimum absolute atomic E-state index is 0.611. The molecule has 0 amide bonds. The van der Waals surface area contributed by atoms with Gasteiger partial charge < -0.3 is 8.83 Å². The van der Waals surface area contributed by atoms with E-state index in [1.165, 1.54) is 10.8 Å². The molecule has 0 N–H and O–H groups in total. The maximum absolute atomic E-state index is 6.23. The molecule has 5 heteroatoms. The van der Waals surface area contributed by atoms with Crippen LogP contribution in [0.4, 0.5) is 17.2 Å². The van der Waals surface area contributed by atoms with Crippen molar-refractivity contribution in [3.63, 3.8) is 0 Å². The number of fused-ring (bicyclic) bond motifs is 9. The number of hydrogen-bond donors (Lipinski definition) is 0. The molecule has 5 nitrogen and oxygen atoms in total. The molecule has 0 aliphatic heterocycles. The molecule has 0 aliphatic rings. The molecule has 0 bridgehead atoms. The first-order chi connectivity index (χ1) is 20.3. The van der Waals surface area contributed by atoms with Crippen molar-refractivity contribution in [1.29, 1.82) is 0 Å². The van der Waals surface area contributed by atoms with Crippen LogP contribution in [0.1, 0.15) is 0 Å². The second kappa shape index (κ2) is 8.41. The monoisotopic (exact) mass is 527 g/mol. The quantitative estimate of drug-likeness (QED) is 0.214. The highest BCUT2D eigenvalue weighted by atomic mass is 16.3. The van der Waals surface area contributed by atoms with Gasteiger partial charge in [-0.2, -0.15) is 4.98 Å². The number of hydrogen-bond acceptors (Lipinski definition) is 5. The van der Waals surface area contributed by atoms with Crippen molar-refractivity contribution in [3.8, 4) is 0 Å². The maximum Gasteiger partial charge on any atom is 0.229 e. The average molecular weight is 528 g/mol. The number of rotatable bonds is 3. The van der Waals surface area contributed by atoms with Crippen LogP contribution in [0.2, 0.25) is 0 Å². The number of aromatic nitrogens is 2. The van der Waals surface area contributed by atoms with Crippen molar-refractivity contribution < 1.29 is 8.83 Å². The Hall–Kier alpha value is -5.68. The SMILES string of the molecule is c1ccc2c(c1)cc(N(c1ccc3oc4cnccc4c3c1)c1ccc3c(n1)oc1ccccc13)c1ccccc12. The highest BCUT2D eigenvalue weighted by molar-refractivity contribution is 6.15. The molecule has 4 heterocycles. The van der Waals surface area contributed by atoms with Crippen LogP contribution >= 0.6 is 0 Å². The molecule has 192 valence electrons. The summed E-state index contributed by atoms with van der Waals surface area (Å²) in [5.74, 6) is 0.769. The Bertz CT molecular complexity index is 2450. The number of para-hydroxylation sites is 1. The molecular weight excluding hydrogens is 506 g/mol. The molecule has 0 unspecified atom stereocenters. The lowest BCUT2D eigenvalue weighted by Gasteiger charge is -2.26. The zero-order chi connectivity index (χ0) is 26.9. The summed E-state index contributed by atoms with van der Waals surface area (Å²) in [5.41, 5.74) is 5.04. The predicted octanol–water partition coefficient (Wildman–Crippen LogP) is 10.1. The Labute approximate surface area is 233 Å². The van der Waals surface area contributed by atoms with Gasteiger partial charge in [-0.1, -0.05) is 66.7 Å². The molecule has 0 fully saturated rings. The summed E-state index contributed by atoms with van der Waals surface area (Å²) < 4.78 is 12.3. The Balaban J connectivity index is 1.37. The van der Waals surface area contributed by atoms with Gasteiger partial charge in [0.15, 0.2) is 5.58 Å². The van der Waals surface area contributed by atoms with Gasteiger partial charge in [0.2, 0.25) is 5.71 Å². The van der Waals surface area contributed by atoms with Crippen molar-refractivity contribution in [2.45, 2.75) is 0 Å². The summed E-state index contributed by atoms with van der Waals surface area (Å²) >= 11 is 0. The molecule has 0 atom stereocenters. The number of benzene rings is 5. The van der Waals surface area contributed by atoms with Crippen molar-refractivity contribution in [3.05, 3.63) is 128 Å². The fourth-order valence-electron chi connectivity index (χ4n) is 6.09. The molecule has 0 radical (unpaired) electrons. The number of pyridine rings is 2. The molecule has 0 aliphatic carbocycles. The van der Waals surface area contributed by atoms with E-state index >= 15 is 0 Å². The molecule has 9 aromatic rings. The van der Waals surface area contributed by atoms with E-state index in [-0.39, 0.29) is 0 Å². The second-order valence-electron chi connectivity index (χ2n) is 10.3. The van der Waals surface area contributed by atoms with Crippen molar-refractivity contribution in [2.75, 3.05) is 4.90 Å². The van der Waals surface area contributed by atoms with E-state index < -0.39 is 0 Å². The highest BCUT2D eigenvalue weighted by Gasteiger charge is 2.21. The summed E-state index contributed by atoms with van der Waals surface area (Å²) in [6.07, 6.45) is 3.57. The topological polar surface area (TPSA) is 55.3 Å². The average Bonchev–Trinajstić information content (AvgIpc) is 3.59. The van der Waals surface area contributed by atoms with E-state index in [1.54, 1.807) is 12.4 Å². The fraction of sp³-hybridized carbons (Fsp3) is 0. The minimum Gasteiger partial charge on any atom is -0.454 e. The lowest BCUT2D eigenvalue weighted by Crippen LogP contribution is -2.12. The van der Waals surface area contributed by atoms with E-state index in [1.807, 2.05) is 30.3 Å². The fourth-order valence-corrected chi connectivity index (χ4v) is 6.09. The Morgan fingerprint density at radius 3 is 2.20 bits per heavy atom. The van der Waals surface area contributed by atoms with Crippen molar-refractivity contribution in [1.82, 2.24) is 9.97 Å². The Morgan fingerprint density at radius 2 is 1.27 bits per heavy atom.